The van der Waals surface area contributed by atoms with Crippen LogP contribution in [0.5, 0.6) is 0 Å². The number of aromatic nitrogens is 2. The van der Waals surface area contributed by atoms with E-state index in [1.807, 2.05) is 18.2 Å². The fraction of sp³-hybridized carbons (Fsp3) is 0.200. The van der Waals surface area contributed by atoms with Gasteiger partial charge < -0.3 is 5.32 Å². The third-order valence-electron chi connectivity index (χ3n) is 2.96. The zero-order valence-corrected chi connectivity index (χ0v) is 12.8. The van der Waals surface area contributed by atoms with Crippen LogP contribution in [-0.4, -0.2) is 16.5 Å². The molecule has 102 valence electrons. The van der Waals surface area contributed by atoms with Crippen LogP contribution in [0.1, 0.15) is 11.8 Å². The third kappa shape index (κ3) is 2.49. The van der Waals surface area contributed by atoms with Crippen molar-refractivity contribution in [1.82, 2.24) is 9.97 Å². The van der Waals surface area contributed by atoms with Crippen LogP contribution >= 0.6 is 22.9 Å². The second-order valence-corrected chi connectivity index (χ2v) is 6.22. The van der Waals surface area contributed by atoms with Gasteiger partial charge in [-0.2, -0.15) is 0 Å². The monoisotopic (exact) mass is 303 g/mol. The maximum atomic E-state index is 6.07. The number of rotatable bonds is 3. The highest BCUT2D eigenvalue weighted by Crippen LogP contribution is 2.30. The number of nitrogens with zero attached hydrogens (tertiary/aromatic N) is 2. The van der Waals surface area contributed by atoms with Crippen LogP contribution in [0.2, 0.25) is 5.02 Å². The average Bonchev–Trinajstić information content (AvgIpc) is 2.85. The fourth-order valence-corrected chi connectivity index (χ4v) is 3.04. The molecule has 1 N–H and O–H groups in total. The van der Waals surface area contributed by atoms with Crippen molar-refractivity contribution in [3.8, 4) is 10.7 Å². The SMILES string of the molecule is CCNc1nc(-c2ccc(C)s2)nc2cc(Cl)ccc12. The van der Waals surface area contributed by atoms with Gasteiger partial charge in [0.2, 0.25) is 0 Å². The molecule has 2 heterocycles. The van der Waals surface area contributed by atoms with Crippen LogP contribution in [0, 0.1) is 6.92 Å². The highest BCUT2D eigenvalue weighted by molar-refractivity contribution is 7.15. The van der Waals surface area contributed by atoms with Gasteiger partial charge in [0.25, 0.3) is 0 Å². The summed E-state index contributed by atoms with van der Waals surface area (Å²) in [5, 5.41) is 4.98. The normalized spacial score (nSPS) is 10.9. The zero-order valence-electron chi connectivity index (χ0n) is 11.3. The Morgan fingerprint density at radius 2 is 2.05 bits per heavy atom. The van der Waals surface area contributed by atoms with Crippen LogP contribution in [0.3, 0.4) is 0 Å². The predicted octanol–water partition coefficient (Wildman–Crippen LogP) is 4.75. The molecule has 0 spiro atoms. The molecule has 0 bridgehead atoms. The van der Waals surface area contributed by atoms with E-state index in [0.29, 0.717) is 5.02 Å². The van der Waals surface area contributed by atoms with Gasteiger partial charge in [-0.3, -0.25) is 0 Å². The van der Waals surface area contributed by atoms with Crippen LogP contribution in [0.4, 0.5) is 5.82 Å². The van der Waals surface area contributed by atoms with E-state index in [0.717, 1.165) is 34.0 Å². The molecule has 3 nitrogen and oxygen atoms in total. The number of thiophene rings is 1. The number of hydrogen-bond donors (Lipinski definition) is 1. The first-order valence-corrected chi connectivity index (χ1v) is 7.65. The molecule has 1 aromatic carbocycles. The maximum absolute atomic E-state index is 6.07. The highest BCUT2D eigenvalue weighted by Gasteiger charge is 2.10. The van der Waals surface area contributed by atoms with E-state index in [-0.39, 0.29) is 0 Å². The first-order valence-electron chi connectivity index (χ1n) is 6.45. The molecule has 0 saturated heterocycles. The van der Waals surface area contributed by atoms with Gasteiger partial charge in [-0.25, -0.2) is 9.97 Å². The third-order valence-corrected chi connectivity index (χ3v) is 4.20. The lowest BCUT2D eigenvalue weighted by atomic mass is 10.2. The van der Waals surface area contributed by atoms with E-state index in [9.17, 15) is 0 Å². The van der Waals surface area contributed by atoms with Crippen molar-refractivity contribution < 1.29 is 0 Å². The molecule has 3 rings (SSSR count). The lowest BCUT2D eigenvalue weighted by molar-refractivity contribution is 1.15. The van der Waals surface area contributed by atoms with Crippen LogP contribution in [0.25, 0.3) is 21.6 Å². The molecular weight excluding hydrogens is 290 g/mol. The van der Waals surface area contributed by atoms with Gasteiger partial charge >= 0.3 is 0 Å². The number of halogens is 1. The van der Waals surface area contributed by atoms with E-state index in [4.69, 9.17) is 11.6 Å². The van der Waals surface area contributed by atoms with Gasteiger partial charge in [0.05, 0.1) is 10.4 Å². The molecular formula is C15H14ClN3S. The Kier molecular flexibility index (Phi) is 3.59. The van der Waals surface area contributed by atoms with E-state index >= 15 is 0 Å². The Morgan fingerprint density at radius 1 is 1.20 bits per heavy atom. The number of hydrogen-bond acceptors (Lipinski definition) is 4. The fourth-order valence-electron chi connectivity index (χ4n) is 2.07. The summed E-state index contributed by atoms with van der Waals surface area (Å²) in [5.41, 5.74) is 0.865. The van der Waals surface area contributed by atoms with Gasteiger partial charge in [-0.05, 0) is 44.2 Å². The topological polar surface area (TPSA) is 37.8 Å². The minimum absolute atomic E-state index is 0.687. The van der Waals surface area contributed by atoms with Crippen molar-refractivity contribution in [3.05, 3.63) is 40.2 Å². The summed E-state index contributed by atoms with van der Waals surface area (Å²) in [5.74, 6) is 1.60. The zero-order chi connectivity index (χ0) is 14.1. The summed E-state index contributed by atoms with van der Waals surface area (Å²) in [6, 6.07) is 9.84. The van der Waals surface area contributed by atoms with Crippen molar-refractivity contribution in [2.24, 2.45) is 0 Å². The Balaban J connectivity index is 2.23. The molecule has 0 aliphatic heterocycles. The highest BCUT2D eigenvalue weighted by atomic mass is 35.5. The lowest BCUT2D eigenvalue weighted by Gasteiger charge is -2.09. The maximum Gasteiger partial charge on any atom is 0.172 e. The molecule has 0 fully saturated rings. The van der Waals surface area contributed by atoms with Crippen LogP contribution < -0.4 is 5.32 Å². The molecule has 0 radical (unpaired) electrons. The summed E-state index contributed by atoms with van der Waals surface area (Å²) in [6.45, 7) is 4.95. The second-order valence-electron chi connectivity index (χ2n) is 4.50. The second kappa shape index (κ2) is 5.38. The van der Waals surface area contributed by atoms with Crippen molar-refractivity contribution in [2.45, 2.75) is 13.8 Å². The van der Waals surface area contributed by atoms with E-state index in [1.165, 1.54) is 4.88 Å². The number of fused-ring (bicyclic) bond motifs is 1. The van der Waals surface area contributed by atoms with Crippen molar-refractivity contribution in [1.29, 1.82) is 0 Å². The smallest absolute Gasteiger partial charge is 0.172 e. The Bertz CT molecular complexity index is 767. The molecule has 0 atom stereocenters. The van der Waals surface area contributed by atoms with Gasteiger partial charge in [0, 0.05) is 21.8 Å². The van der Waals surface area contributed by atoms with Crippen LogP contribution in [0.15, 0.2) is 30.3 Å². The molecule has 0 amide bonds. The average molecular weight is 304 g/mol. The molecule has 0 unspecified atom stereocenters. The predicted molar refractivity (Wildman–Crippen MR) is 86.8 cm³/mol. The first kappa shape index (κ1) is 13.3. The summed E-state index contributed by atoms with van der Waals surface area (Å²) in [6.07, 6.45) is 0. The van der Waals surface area contributed by atoms with Gasteiger partial charge in [-0.15, -0.1) is 11.3 Å². The quantitative estimate of drug-likeness (QED) is 0.758. The molecule has 0 saturated carbocycles. The van der Waals surface area contributed by atoms with Gasteiger partial charge in [0.15, 0.2) is 5.82 Å². The lowest BCUT2D eigenvalue weighted by Crippen LogP contribution is -2.02. The van der Waals surface area contributed by atoms with E-state index < -0.39 is 0 Å². The summed E-state index contributed by atoms with van der Waals surface area (Å²) >= 11 is 7.77. The number of anilines is 1. The summed E-state index contributed by atoms with van der Waals surface area (Å²) in [4.78, 5) is 11.6. The van der Waals surface area contributed by atoms with Gasteiger partial charge in [-0.1, -0.05) is 11.6 Å². The number of benzene rings is 1. The molecule has 3 aromatic rings. The largest absolute Gasteiger partial charge is 0.370 e. The molecule has 2 aromatic heterocycles. The molecule has 0 aliphatic rings. The van der Waals surface area contributed by atoms with Gasteiger partial charge in [0.1, 0.15) is 5.82 Å². The van der Waals surface area contributed by atoms with Crippen molar-refractivity contribution in [2.75, 3.05) is 11.9 Å². The van der Waals surface area contributed by atoms with Crippen LogP contribution in [-0.2, 0) is 0 Å². The minimum Gasteiger partial charge on any atom is -0.370 e. The summed E-state index contributed by atoms with van der Waals surface area (Å²) < 4.78 is 0. The molecule has 20 heavy (non-hydrogen) atoms. The standard InChI is InChI=1S/C15H14ClN3S/c1-3-17-14-11-6-5-10(16)8-12(11)18-15(19-14)13-7-4-9(2)20-13/h4-8H,3H2,1-2H3,(H,17,18,19). The molecule has 5 heteroatoms. The minimum atomic E-state index is 0.687. The Morgan fingerprint density at radius 3 is 2.75 bits per heavy atom. The number of nitrogens with one attached hydrogen (secondary N) is 1. The Hall–Kier alpha value is -1.65. The molecule has 0 aliphatic carbocycles. The first-order chi connectivity index (χ1) is 9.67. The van der Waals surface area contributed by atoms with E-state index in [1.54, 1.807) is 11.3 Å². The van der Waals surface area contributed by atoms with Crippen molar-refractivity contribution in [3.63, 3.8) is 0 Å². The van der Waals surface area contributed by atoms with E-state index in [2.05, 4.69) is 41.3 Å². The number of aryl methyl sites for hydroxylation is 1. The van der Waals surface area contributed by atoms with Crippen molar-refractivity contribution >= 4 is 39.7 Å². The Labute approximate surface area is 126 Å². The summed E-state index contributed by atoms with van der Waals surface area (Å²) in [7, 11) is 0.